The van der Waals surface area contributed by atoms with Crippen molar-refractivity contribution in [1.82, 2.24) is 0 Å². The van der Waals surface area contributed by atoms with Crippen LogP contribution in [0.15, 0.2) is 29.4 Å². The Bertz CT molecular complexity index is 347. The molecule has 0 aliphatic carbocycles. The van der Waals surface area contributed by atoms with Crippen LogP contribution in [0.5, 0.6) is 0 Å². The van der Waals surface area contributed by atoms with Gasteiger partial charge in [-0.05, 0) is 17.5 Å². The Morgan fingerprint density at radius 1 is 1.47 bits per heavy atom. The number of amidine groups is 1. The van der Waals surface area contributed by atoms with Crippen molar-refractivity contribution in [3.63, 3.8) is 0 Å². The van der Waals surface area contributed by atoms with Gasteiger partial charge in [0, 0.05) is 5.69 Å². The molecule has 15 heavy (non-hydrogen) atoms. The molecule has 0 aromatic heterocycles. The number of hydrogen-bond donors (Lipinski definition) is 3. The Morgan fingerprint density at radius 3 is 2.73 bits per heavy atom. The number of nitrogens with two attached hydrogens (primary N) is 1. The van der Waals surface area contributed by atoms with E-state index in [2.05, 4.69) is 30.4 Å². The fourth-order valence-corrected chi connectivity index (χ4v) is 1.38. The third-order valence-corrected chi connectivity index (χ3v) is 2.17. The predicted octanol–water partition coefficient (Wildman–Crippen LogP) is 1.97. The van der Waals surface area contributed by atoms with Crippen molar-refractivity contribution in [2.24, 2.45) is 10.9 Å². The molecule has 1 aromatic carbocycles. The zero-order valence-corrected chi connectivity index (χ0v) is 9.07. The fourth-order valence-electron chi connectivity index (χ4n) is 1.38. The number of para-hydroxylation sites is 1. The summed E-state index contributed by atoms with van der Waals surface area (Å²) in [6.45, 7) is 4.61. The molecule has 82 valence electrons. The molecule has 0 aliphatic rings. The van der Waals surface area contributed by atoms with Gasteiger partial charge in [0.25, 0.3) is 0 Å². The van der Waals surface area contributed by atoms with E-state index in [4.69, 9.17) is 10.9 Å². The summed E-state index contributed by atoms with van der Waals surface area (Å²) in [5.74, 6) is 0.620. The standard InChI is InChI=1S/C11H17N3O/c1-8(2)9-5-3-4-6-10(9)13-7-11(12)14-15/h3-6,8,13,15H,7H2,1-2H3,(H2,12,14). The van der Waals surface area contributed by atoms with E-state index in [1.54, 1.807) is 0 Å². The first-order chi connectivity index (χ1) is 7.15. The van der Waals surface area contributed by atoms with Crippen molar-refractivity contribution in [3.05, 3.63) is 29.8 Å². The molecular weight excluding hydrogens is 190 g/mol. The van der Waals surface area contributed by atoms with Crippen molar-refractivity contribution in [2.75, 3.05) is 11.9 Å². The molecule has 4 N–H and O–H groups in total. The van der Waals surface area contributed by atoms with Crippen LogP contribution in [0.4, 0.5) is 5.69 Å². The summed E-state index contributed by atoms with van der Waals surface area (Å²) < 4.78 is 0. The van der Waals surface area contributed by atoms with Crippen LogP contribution in [0.2, 0.25) is 0 Å². The first-order valence-electron chi connectivity index (χ1n) is 4.94. The Morgan fingerprint density at radius 2 is 2.13 bits per heavy atom. The zero-order valence-electron chi connectivity index (χ0n) is 9.07. The molecule has 0 fully saturated rings. The number of anilines is 1. The van der Waals surface area contributed by atoms with Crippen LogP contribution in [-0.2, 0) is 0 Å². The van der Waals surface area contributed by atoms with Gasteiger partial charge in [-0.3, -0.25) is 0 Å². The Hall–Kier alpha value is -1.71. The molecule has 0 unspecified atom stereocenters. The van der Waals surface area contributed by atoms with Gasteiger partial charge in [0.1, 0.15) is 0 Å². The van der Waals surface area contributed by atoms with E-state index in [-0.39, 0.29) is 5.84 Å². The molecule has 0 radical (unpaired) electrons. The maximum Gasteiger partial charge on any atom is 0.158 e. The number of nitrogens with zero attached hydrogens (tertiary/aromatic N) is 1. The zero-order chi connectivity index (χ0) is 11.3. The minimum Gasteiger partial charge on any atom is -0.409 e. The van der Waals surface area contributed by atoms with Crippen LogP contribution in [0.25, 0.3) is 0 Å². The van der Waals surface area contributed by atoms with Gasteiger partial charge in [0.15, 0.2) is 5.84 Å². The van der Waals surface area contributed by atoms with Crippen LogP contribution in [0.1, 0.15) is 25.3 Å². The second kappa shape index (κ2) is 5.24. The summed E-state index contributed by atoms with van der Waals surface area (Å²) in [7, 11) is 0. The third kappa shape index (κ3) is 3.16. The highest BCUT2D eigenvalue weighted by molar-refractivity contribution is 5.84. The van der Waals surface area contributed by atoms with Crippen molar-refractivity contribution in [1.29, 1.82) is 0 Å². The molecule has 1 rings (SSSR count). The number of hydrogen-bond acceptors (Lipinski definition) is 3. The number of rotatable bonds is 4. The summed E-state index contributed by atoms with van der Waals surface area (Å²) in [6.07, 6.45) is 0. The third-order valence-electron chi connectivity index (χ3n) is 2.17. The molecular formula is C11H17N3O. The van der Waals surface area contributed by atoms with Crippen LogP contribution in [-0.4, -0.2) is 17.6 Å². The lowest BCUT2D eigenvalue weighted by molar-refractivity contribution is 0.317. The lowest BCUT2D eigenvalue weighted by Gasteiger charge is -2.13. The van der Waals surface area contributed by atoms with Crippen molar-refractivity contribution in [3.8, 4) is 0 Å². The van der Waals surface area contributed by atoms with Crippen LogP contribution in [0, 0.1) is 0 Å². The van der Waals surface area contributed by atoms with Gasteiger partial charge >= 0.3 is 0 Å². The molecule has 0 amide bonds. The molecule has 4 heteroatoms. The van der Waals surface area contributed by atoms with Gasteiger partial charge in [-0.15, -0.1) is 0 Å². The predicted molar refractivity (Wildman–Crippen MR) is 62.4 cm³/mol. The fraction of sp³-hybridized carbons (Fsp3) is 0.364. The van der Waals surface area contributed by atoms with E-state index in [1.165, 1.54) is 5.56 Å². The van der Waals surface area contributed by atoms with E-state index < -0.39 is 0 Å². The first kappa shape index (κ1) is 11.4. The Labute approximate surface area is 89.8 Å². The molecule has 0 bridgehead atoms. The van der Waals surface area contributed by atoms with Gasteiger partial charge in [-0.2, -0.15) is 0 Å². The van der Waals surface area contributed by atoms with Crippen molar-refractivity contribution < 1.29 is 5.21 Å². The van der Waals surface area contributed by atoms with E-state index in [0.29, 0.717) is 12.5 Å². The highest BCUT2D eigenvalue weighted by atomic mass is 16.4. The van der Waals surface area contributed by atoms with Gasteiger partial charge in [0.2, 0.25) is 0 Å². The number of benzene rings is 1. The Balaban J connectivity index is 2.76. The number of nitrogens with one attached hydrogen (secondary N) is 1. The molecule has 1 aromatic rings. The second-order valence-corrected chi connectivity index (χ2v) is 3.69. The van der Waals surface area contributed by atoms with Crippen LogP contribution >= 0.6 is 0 Å². The minimum atomic E-state index is 0.175. The highest BCUT2D eigenvalue weighted by Crippen LogP contribution is 2.23. The Kier molecular flexibility index (Phi) is 3.97. The summed E-state index contributed by atoms with van der Waals surface area (Å²) in [6, 6.07) is 8.02. The summed E-state index contributed by atoms with van der Waals surface area (Å²) in [5, 5.41) is 14.5. The average molecular weight is 207 g/mol. The van der Waals surface area contributed by atoms with E-state index in [1.807, 2.05) is 18.2 Å². The van der Waals surface area contributed by atoms with Gasteiger partial charge in [-0.25, -0.2) is 0 Å². The summed E-state index contributed by atoms with van der Waals surface area (Å²) >= 11 is 0. The van der Waals surface area contributed by atoms with E-state index in [9.17, 15) is 0 Å². The topological polar surface area (TPSA) is 70.6 Å². The van der Waals surface area contributed by atoms with Crippen LogP contribution < -0.4 is 11.1 Å². The van der Waals surface area contributed by atoms with Crippen LogP contribution in [0.3, 0.4) is 0 Å². The largest absolute Gasteiger partial charge is 0.409 e. The maximum atomic E-state index is 8.41. The van der Waals surface area contributed by atoms with E-state index in [0.717, 1.165) is 5.69 Å². The monoisotopic (exact) mass is 207 g/mol. The average Bonchev–Trinajstić information content (AvgIpc) is 2.26. The summed E-state index contributed by atoms with van der Waals surface area (Å²) in [5.41, 5.74) is 7.64. The maximum absolute atomic E-state index is 8.41. The lowest BCUT2D eigenvalue weighted by Crippen LogP contribution is -2.23. The SMILES string of the molecule is CC(C)c1ccccc1NCC(N)=NO. The van der Waals surface area contributed by atoms with Crippen molar-refractivity contribution >= 4 is 11.5 Å². The molecule has 0 atom stereocenters. The molecule has 0 saturated heterocycles. The molecule has 0 aliphatic heterocycles. The van der Waals surface area contributed by atoms with Gasteiger partial charge in [-0.1, -0.05) is 37.2 Å². The first-order valence-corrected chi connectivity index (χ1v) is 4.94. The van der Waals surface area contributed by atoms with Gasteiger partial charge in [0.05, 0.1) is 6.54 Å². The number of oxime groups is 1. The molecule has 0 heterocycles. The highest BCUT2D eigenvalue weighted by Gasteiger charge is 2.05. The molecule has 4 nitrogen and oxygen atoms in total. The van der Waals surface area contributed by atoms with Gasteiger partial charge < -0.3 is 16.3 Å². The molecule has 0 spiro atoms. The quantitative estimate of drug-likeness (QED) is 0.306. The normalized spacial score (nSPS) is 11.8. The second-order valence-electron chi connectivity index (χ2n) is 3.69. The molecule has 0 saturated carbocycles. The van der Waals surface area contributed by atoms with Crippen molar-refractivity contribution in [2.45, 2.75) is 19.8 Å². The smallest absolute Gasteiger partial charge is 0.158 e. The lowest BCUT2D eigenvalue weighted by atomic mass is 10.0. The summed E-state index contributed by atoms with van der Waals surface area (Å²) in [4.78, 5) is 0. The van der Waals surface area contributed by atoms with E-state index >= 15 is 0 Å². The minimum absolute atomic E-state index is 0.175.